The first-order valence-electron chi connectivity index (χ1n) is 19.9. The van der Waals surface area contributed by atoms with Gasteiger partial charge in [0.25, 0.3) is 0 Å². The van der Waals surface area contributed by atoms with E-state index in [9.17, 15) is 19.2 Å². The van der Waals surface area contributed by atoms with Crippen molar-refractivity contribution in [2.75, 3.05) is 45.3 Å². The van der Waals surface area contributed by atoms with E-state index in [4.69, 9.17) is 14.5 Å². The fraction of sp³-hybridized carbons (Fsp3) is 0.600. The zero-order valence-corrected chi connectivity index (χ0v) is 33.6. The third-order valence-corrected chi connectivity index (χ3v) is 11.5. The number of nitrogens with zero attached hydrogens (tertiary/aromatic N) is 5. The smallest absolute Gasteiger partial charge is 0.407 e. The molecule has 4 N–H and O–H groups in total. The van der Waals surface area contributed by atoms with Crippen molar-refractivity contribution in [2.24, 2.45) is 11.8 Å². The summed E-state index contributed by atoms with van der Waals surface area (Å²) in [7, 11) is 2.52. The number of aromatic nitrogens is 4. The second-order valence-electron chi connectivity index (χ2n) is 15.9. The van der Waals surface area contributed by atoms with Gasteiger partial charge in [0.1, 0.15) is 41.1 Å². The van der Waals surface area contributed by atoms with Crippen LogP contribution in [-0.2, 0) is 19.1 Å². The Morgan fingerprint density at radius 3 is 1.77 bits per heavy atom. The highest BCUT2D eigenvalue weighted by Gasteiger charge is 2.39. The van der Waals surface area contributed by atoms with Gasteiger partial charge in [-0.2, -0.15) is 0 Å². The minimum atomic E-state index is -0.781. The van der Waals surface area contributed by atoms with E-state index in [1.807, 2.05) is 27.7 Å². The summed E-state index contributed by atoms with van der Waals surface area (Å²) in [5.74, 6) is -0.829. The van der Waals surface area contributed by atoms with Crippen molar-refractivity contribution >= 4 is 29.7 Å². The second kappa shape index (κ2) is 17.9. The van der Waals surface area contributed by atoms with E-state index in [-0.39, 0.29) is 47.3 Å². The van der Waals surface area contributed by atoms with E-state index >= 15 is 8.78 Å². The molecule has 4 atom stereocenters. The summed E-state index contributed by atoms with van der Waals surface area (Å²) >= 11 is 0. The maximum Gasteiger partial charge on any atom is 0.407 e. The summed E-state index contributed by atoms with van der Waals surface area (Å²) in [5.41, 5.74) is 1.56. The van der Waals surface area contributed by atoms with Crippen LogP contribution in [0.2, 0.25) is 0 Å². The molecule has 15 nitrogen and oxygen atoms in total. The number of likely N-dealkylation sites (tertiary alicyclic amines) is 2. The number of rotatable bonds is 11. The van der Waals surface area contributed by atoms with Crippen molar-refractivity contribution in [3.63, 3.8) is 0 Å². The highest BCUT2D eigenvalue weighted by molar-refractivity contribution is 5.87. The molecule has 310 valence electrons. The number of alkyl carbamates (subject to hydrolysis) is 2. The number of hydrogen-bond donors (Lipinski definition) is 4. The minimum Gasteiger partial charge on any atom is -0.453 e. The van der Waals surface area contributed by atoms with E-state index < -0.39 is 35.9 Å². The molecule has 0 bridgehead atoms. The summed E-state index contributed by atoms with van der Waals surface area (Å²) in [6.45, 7) is 9.34. The number of hydrogen-bond acceptors (Lipinski definition) is 9. The summed E-state index contributed by atoms with van der Waals surface area (Å²) in [6.07, 6.45) is 7.18. The Labute approximate surface area is 331 Å². The Balaban J connectivity index is 1.10. The van der Waals surface area contributed by atoms with E-state index in [0.29, 0.717) is 68.3 Å². The number of imidazole rings is 2. The van der Waals surface area contributed by atoms with Crippen LogP contribution in [0, 0.1) is 23.5 Å². The number of halogens is 2. The number of piperidine rings is 2. The number of carbonyl (C=O) groups excluding carboxylic acids is 4. The first-order chi connectivity index (χ1) is 27.3. The van der Waals surface area contributed by atoms with Crippen LogP contribution < -0.4 is 15.5 Å². The third kappa shape index (κ3) is 9.01. The number of H-pyrrole nitrogens is 2. The van der Waals surface area contributed by atoms with Crippen LogP contribution in [0.25, 0.3) is 11.3 Å². The predicted molar refractivity (Wildman–Crippen MR) is 207 cm³/mol. The fourth-order valence-corrected chi connectivity index (χ4v) is 8.37. The molecule has 5 heterocycles. The molecule has 0 saturated carbocycles. The first kappa shape index (κ1) is 41.4. The van der Waals surface area contributed by atoms with Gasteiger partial charge in [-0.1, -0.05) is 27.7 Å². The first-order valence-corrected chi connectivity index (χ1v) is 19.9. The molecule has 2 aromatic heterocycles. The van der Waals surface area contributed by atoms with Crippen LogP contribution >= 0.6 is 0 Å². The molecule has 57 heavy (non-hydrogen) atoms. The molecule has 3 aliphatic heterocycles. The van der Waals surface area contributed by atoms with Gasteiger partial charge in [0.15, 0.2) is 0 Å². The largest absolute Gasteiger partial charge is 0.453 e. The van der Waals surface area contributed by atoms with E-state index in [1.54, 1.807) is 20.9 Å². The SMILES string of the molecule is COC(=O)N[C@H](C(=O)N1CCC[C@H]1c1ncc(-c2cc(F)c(N3CCC(c4cnc([C@@H]5CCCCN5C(=O)[C@@H](NC(=O)OC)C(C)C)[nH]4)CC3)c(F)c2)[nH]1)C(C)C. The number of anilines is 1. The molecular weight excluding hydrogens is 740 g/mol. The molecule has 3 aliphatic rings. The molecule has 3 aromatic rings. The lowest BCUT2D eigenvalue weighted by molar-refractivity contribution is -0.138. The Bertz CT molecular complexity index is 1890. The van der Waals surface area contributed by atoms with Crippen LogP contribution in [0.4, 0.5) is 24.1 Å². The van der Waals surface area contributed by atoms with E-state index in [0.717, 1.165) is 31.4 Å². The number of benzene rings is 1. The number of nitrogens with one attached hydrogen (secondary N) is 4. The molecular formula is C40H55F2N9O6. The molecule has 17 heteroatoms. The van der Waals surface area contributed by atoms with Crippen molar-refractivity contribution in [1.82, 2.24) is 40.4 Å². The van der Waals surface area contributed by atoms with Crippen LogP contribution in [0.1, 0.15) is 108 Å². The molecule has 0 spiro atoms. The fourth-order valence-electron chi connectivity index (χ4n) is 8.37. The lowest BCUT2D eigenvalue weighted by atomic mass is 9.93. The summed E-state index contributed by atoms with van der Waals surface area (Å²) in [4.78, 5) is 72.2. The van der Waals surface area contributed by atoms with Gasteiger partial charge in [-0.05, 0) is 68.9 Å². The number of carbonyl (C=O) groups is 4. The van der Waals surface area contributed by atoms with Gasteiger partial charge in [0, 0.05) is 49.6 Å². The van der Waals surface area contributed by atoms with Crippen LogP contribution in [0.15, 0.2) is 24.5 Å². The standard InChI is InChI=1S/C40H55F2N9O6/c1-22(2)32(47-39(54)56-5)37(52)50-14-8-7-10-30(50)35-43-20-28(45-35)24-12-16-49(17-13-24)34-26(41)18-25(19-27(34)42)29-21-44-36(46-29)31-11-9-15-51(31)38(53)33(23(3)4)48-40(55)57-6/h18-24,30-33H,7-17H2,1-6H3,(H,43,45)(H,44,46)(H,47,54)(H,48,55)/t30-,31-,32-,33-/m0/s1. The summed E-state index contributed by atoms with van der Waals surface area (Å²) in [6, 6.07) is 0.447. The quantitative estimate of drug-likeness (QED) is 0.183. The molecule has 3 saturated heterocycles. The van der Waals surface area contributed by atoms with Crippen molar-refractivity contribution < 1.29 is 37.4 Å². The lowest BCUT2D eigenvalue weighted by Crippen LogP contribution is -2.53. The van der Waals surface area contributed by atoms with Crippen molar-refractivity contribution in [1.29, 1.82) is 0 Å². The van der Waals surface area contributed by atoms with E-state index in [2.05, 4.69) is 25.6 Å². The number of aromatic amines is 2. The molecule has 4 amide bonds. The number of ether oxygens (including phenoxy) is 2. The highest BCUT2D eigenvalue weighted by atomic mass is 19.1. The van der Waals surface area contributed by atoms with Gasteiger partial charge in [-0.25, -0.2) is 28.3 Å². The summed E-state index contributed by atoms with van der Waals surface area (Å²) < 4.78 is 41.1. The second-order valence-corrected chi connectivity index (χ2v) is 15.9. The molecule has 0 aliphatic carbocycles. The van der Waals surface area contributed by atoms with Crippen LogP contribution in [0.5, 0.6) is 0 Å². The molecule has 6 rings (SSSR count). The van der Waals surface area contributed by atoms with Crippen LogP contribution in [-0.4, -0.2) is 106 Å². The third-order valence-electron chi connectivity index (χ3n) is 11.5. The minimum absolute atomic E-state index is 0.0794. The number of amides is 4. The zero-order valence-electron chi connectivity index (χ0n) is 33.6. The lowest BCUT2D eigenvalue weighted by Gasteiger charge is -2.37. The zero-order chi connectivity index (χ0) is 41.0. The molecule has 0 radical (unpaired) electrons. The van der Waals surface area contributed by atoms with Gasteiger partial charge in [0.2, 0.25) is 11.8 Å². The van der Waals surface area contributed by atoms with Gasteiger partial charge < -0.3 is 44.8 Å². The monoisotopic (exact) mass is 795 g/mol. The Hall–Kier alpha value is -5.22. The average molecular weight is 796 g/mol. The molecule has 1 aromatic carbocycles. The van der Waals surface area contributed by atoms with Crippen LogP contribution in [0.3, 0.4) is 0 Å². The van der Waals surface area contributed by atoms with Gasteiger partial charge in [-0.3, -0.25) is 9.59 Å². The number of methoxy groups -OCH3 is 2. The highest BCUT2D eigenvalue weighted by Crippen LogP contribution is 2.37. The topological polar surface area (TPSA) is 178 Å². The molecule has 3 fully saturated rings. The van der Waals surface area contributed by atoms with Gasteiger partial charge in [0.05, 0.1) is 38.2 Å². The van der Waals surface area contributed by atoms with Gasteiger partial charge in [-0.15, -0.1) is 0 Å². The Morgan fingerprint density at radius 2 is 1.23 bits per heavy atom. The normalized spacial score (nSPS) is 20.1. The Morgan fingerprint density at radius 1 is 0.719 bits per heavy atom. The Kier molecular flexibility index (Phi) is 13.0. The van der Waals surface area contributed by atoms with Crippen molar-refractivity contribution in [3.8, 4) is 11.3 Å². The maximum atomic E-state index is 15.8. The average Bonchev–Trinajstić information content (AvgIpc) is 4.00. The summed E-state index contributed by atoms with van der Waals surface area (Å²) in [5, 5.41) is 5.32. The van der Waals surface area contributed by atoms with Crippen molar-refractivity contribution in [2.45, 2.75) is 103 Å². The maximum absolute atomic E-state index is 15.8. The molecule has 0 unspecified atom stereocenters. The van der Waals surface area contributed by atoms with E-state index in [1.165, 1.54) is 32.5 Å². The van der Waals surface area contributed by atoms with Crippen molar-refractivity contribution in [3.05, 3.63) is 53.5 Å². The van der Waals surface area contributed by atoms with Gasteiger partial charge >= 0.3 is 12.2 Å². The predicted octanol–water partition coefficient (Wildman–Crippen LogP) is 5.94.